The van der Waals surface area contributed by atoms with Crippen LogP contribution < -0.4 is 14.4 Å². The van der Waals surface area contributed by atoms with Crippen molar-refractivity contribution in [3.8, 4) is 17.2 Å². The van der Waals surface area contributed by atoms with Crippen LogP contribution in [-0.4, -0.2) is 65.5 Å². The van der Waals surface area contributed by atoms with Gasteiger partial charge in [-0.2, -0.15) is 0 Å². The standard InChI is InChI=1S/C35H38N2O9/c1-35-24(32(42)37(34(35)44)19-10-6-4-7-11-19)18-23-21(30(35)29-25(45-2)16-20(38)17-26(29)46-3)13-14-22-28(23)33(43)36(31(22)41)15-9-5-8-12-27(39)40/h4,6-7,10-11,13,16-17,22-24,28,30,38H,5,8-9,12,14-15,18H2,1-3H3,(H,39,40)/t22-,23+,24-,28-,30+,35+/m0/s1. The Labute approximate surface area is 266 Å². The van der Waals surface area contributed by atoms with Gasteiger partial charge in [0.15, 0.2) is 0 Å². The molecule has 6 rings (SSSR count). The van der Waals surface area contributed by atoms with Crippen LogP contribution in [0.4, 0.5) is 5.69 Å². The Morgan fingerprint density at radius 2 is 1.61 bits per heavy atom. The summed E-state index contributed by atoms with van der Waals surface area (Å²) in [7, 11) is 2.91. The molecule has 0 spiro atoms. The molecule has 2 aromatic rings. The lowest BCUT2D eigenvalue weighted by Crippen LogP contribution is -2.49. The van der Waals surface area contributed by atoms with Gasteiger partial charge in [0.1, 0.15) is 17.2 Å². The molecule has 46 heavy (non-hydrogen) atoms. The number of imide groups is 2. The first kappa shape index (κ1) is 31.3. The van der Waals surface area contributed by atoms with E-state index in [2.05, 4.69) is 0 Å². The van der Waals surface area contributed by atoms with E-state index in [-0.39, 0.29) is 60.3 Å². The summed E-state index contributed by atoms with van der Waals surface area (Å²) < 4.78 is 11.5. The van der Waals surface area contributed by atoms with Crippen molar-refractivity contribution in [3.63, 3.8) is 0 Å². The molecule has 2 aromatic carbocycles. The van der Waals surface area contributed by atoms with Crippen molar-refractivity contribution < 1.29 is 43.7 Å². The summed E-state index contributed by atoms with van der Waals surface area (Å²) in [6, 6.07) is 11.6. The van der Waals surface area contributed by atoms with Crippen molar-refractivity contribution in [2.45, 2.75) is 51.4 Å². The van der Waals surface area contributed by atoms with Gasteiger partial charge >= 0.3 is 5.97 Å². The maximum Gasteiger partial charge on any atom is 0.303 e. The molecule has 1 saturated carbocycles. The van der Waals surface area contributed by atoms with Gasteiger partial charge < -0.3 is 19.7 Å². The summed E-state index contributed by atoms with van der Waals surface area (Å²) in [5.74, 6) is -5.12. The number of para-hydroxylation sites is 1. The minimum atomic E-state index is -1.30. The molecule has 2 aliphatic heterocycles. The van der Waals surface area contributed by atoms with E-state index >= 15 is 0 Å². The highest BCUT2D eigenvalue weighted by Crippen LogP contribution is 2.65. The number of carbonyl (C=O) groups excluding carboxylic acids is 4. The fraction of sp³-hybridized carbons (Fsp3) is 0.457. The fourth-order valence-electron chi connectivity index (χ4n) is 8.36. The second-order valence-corrected chi connectivity index (χ2v) is 12.8. The largest absolute Gasteiger partial charge is 0.508 e. The number of phenols is 1. The normalized spacial score (nSPS) is 28.5. The maximum atomic E-state index is 14.6. The number of methoxy groups -OCH3 is 2. The smallest absolute Gasteiger partial charge is 0.303 e. The second-order valence-electron chi connectivity index (χ2n) is 12.8. The Bertz CT molecular complexity index is 1610. The number of hydrogen-bond acceptors (Lipinski definition) is 8. The summed E-state index contributed by atoms with van der Waals surface area (Å²) in [5, 5.41) is 19.4. The van der Waals surface area contributed by atoms with Gasteiger partial charge in [0.05, 0.1) is 43.1 Å². The number of anilines is 1. The Kier molecular flexibility index (Phi) is 8.12. The van der Waals surface area contributed by atoms with Crippen LogP contribution in [-0.2, 0) is 24.0 Å². The van der Waals surface area contributed by atoms with Gasteiger partial charge in [-0.3, -0.25) is 28.9 Å². The van der Waals surface area contributed by atoms with Crippen LogP contribution >= 0.6 is 0 Å². The lowest BCUT2D eigenvalue weighted by molar-refractivity contribution is -0.141. The molecule has 0 aromatic heterocycles. The number of nitrogens with zero attached hydrogens (tertiary/aromatic N) is 2. The molecule has 0 bridgehead atoms. The molecule has 3 fully saturated rings. The molecule has 4 amide bonds. The maximum absolute atomic E-state index is 14.6. The molecular weight excluding hydrogens is 592 g/mol. The summed E-state index contributed by atoms with van der Waals surface area (Å²) in [6.07, 6.45) is 4.01. The van der Waals surface area contributed by atoms with Crippen molar-refractivity contribution in [3.05, 3.63) is 59.7 Å². The van der Waals surface area contributed by atoms with Gasteiger partial charge in [0, 0.05) is 36.6 Å². The minimum absolute atomic E-state index is 0.0287. The highest BCUT2D eigenvalue weighted by atomic mass is 16.5. The van der Waals surface area contributed by atoms with Crippen LogP contribution in [0.2, 0.25) is 0 Å². The number of unbranched alkanes of at least 4 members (excludes halogenated alkanes) is 2. The predicted octanol–water partition coefficient (Wildman–Crippen LogP) is 4.29. The molecule has 2 N–H and O–H groups in total. The average molecular weight is 631 g/mol. The monoisotopic (exact) mass is 630 g/mol. The zero-order valence-corrected chi connectivity index (χ0v) is 26.1. The van der Waals surface area contributed by atoms with Crippen molar-refractivity contribution in [1.82, 2.24) is 4.90 Å². The number of allylic oxidation sites excluding steroid dienone is 2. The Morgan fingerprint density at radius 3 is 2.24 bits per heavy atom. The number of carbonyl (C=O) groups is 5. The van der Waals surface area contributed by atoms with Gasteiger partial charge in [0.25, 0.3) is 0 Å². The number of carboxylic acids is 1. The number of phenolic OH excluding ortho intramolecular Hbond substituents is 1. The van der Waals surface area contributed by atoms with Crippen molar-refractivity contribution in [2.24, 2.45) is 29.1 Å². The summed E-state index contributed by atoms with van der Waals surface area (Å²) in [5.41, 5.74) is 0.429. The highest BCUT2D eigenvalue weighted by Gasteiger charge is 2.68. The number of carboxylic acid groups (broad SMARTS) is 1. The predicted molar refractivity (Wildman–Crippen MR) is 165 cm³/mol. The van der Waals surface area contributed by atoms with Gasteiger partial charge in [-0.25, -0.2) is 4.90 Å². The summed E-state index contributed by atoms with van der Waals surface area (Å²) in [6.45, 7) is 1.99. The van der Waals surface area contributed by atoms with Crippen LogP contribution in [0, 0.1) is 29.1 Å². The fourth-order valence-corrected chi connectivity index (χ4v) is 8.36. The first-order chi connectivity index (χ1) is 22.0. The molecule has 2 saturated heterocycles. The van der Waals surface area contributed by atoms with E-state index in [1.807, 2.05) is 6.08 Å². The second kappa shape index (κ2) is 11.9. The number of amides is 4. The third-order valence-corrected chi connectivity index (χ3v) is 10.5. The topological polar surface area (TPSA) is 151 Å². The van der Waals surface area contributed by atoms with Crippen LogP contribution in [0.1, 0.15) is 56.9 Å². The van der Waals surface area contributed by atoms with E-state index in [1.165, 1.54) is 36.2 Å². The van der Waals surface area contributed by atoms with E-state index in [0.29, 0.717) is 36.9 Å². The van der Waals surface area contributed by atoms with E-state index in [4.69, 9.17) is 14.6 Å². The number of hydrogen-bond donors (Lipinski definition) is 2. The lowest BCUT2D eigenvalue weighted by atomic mass is 9.51. The Hall–Kier alpha value is -4.67. The molecule has 0 radical (unpaired) electrons. The molecule has 4 aliphatic rings. The molecule has 11 heteroatoms. The Morgan fingerprint density at radius 1 is 0.935 bits per heavy atom. The number of rotatable bonds is 10. The van der Waals surface area contributed by atoms with Crippen LogP contribution in [0.15, 0.2) is 54.1 Å². The third-order valence-electron chi connectivity index (χ3n) is 10.5. The van der Waals surface area contributed by atoms with E-state index < -0.39 is 41.0 Å². The molecule has 11 nitrogen and oxygen atoms in total. The number of likely N-dealkylation sites (tertiary alicyclic amines) is 1. The molecule has 0 unspecified atom stereocenters. The molecule has 2 heterocycles. The van der Waals surface area contributed by atoms with Crippen LogP contribution in [0.25, 0.3) is 0 Å². The first-order valence-corrected chi connectivity index (χ1v) is 15.7. The van der Waals surface area contributed by atoms with Gasteiger partial charge in [-0.05, 0) is 50.7 Å². The van der Waals surface area contributed by atoms with E-state index in [1.54, 1.807) is 37.3 Å². The van der Waals surface area contributed by atoms with Crippen molar-refractivity contribution in [1.29, 1.82) is 0 Å². The highest BCUT2D eigenvalue weighted by molar-refractivity contribution is 6.24. The first-order valence-electron chi connectivity index (χ1n) is 15.7. The molecular formula is C35H38N2O9. The van der Waals surface area contributed by atoms with Gasteiger partial charge in [-0.15, -0.1) is 0 Å². The number of benzene rings is 2. The third kappa shape index (κ3) is 4.75. The zero-order valence-electron chi connectivity index (χ0n) is 26.1. The van der Waals surface area contributed by atoms with Crippen LogP contribution in [0.5, 0.6) is 17.2 Å². The zero-order chi connectivity index (χ0) is 32.9. The van der Waals surface area contributed by atoms with E-state index in [0.717, 1.165) is 5.57 Å². The van der Waals surface area contributed by atoms with Gasteiger partial charge in [-0.1, -0.05) is 36.3 Å². The minimum Gasteiger partial charge on any atom is -0.508 e. The molecule has 2 aliphatic carbocycles. The Balaban J connectivity index is 1.44. The number of aromatic hydroxyl groups is 1. The summed E-state index contributed by atoms with van der Waals surface area (Å²) >= 11 is 0. The summed E-state index contributed by atoms with van der Waals surface area (Å²) in [4.78, 5) is 70.0. The van der Waals surface area contributed by atoms with Gasteiger partial charge in [0.2, 0.25) is 23.6 Å². The average Bonchev–Trinajstić information content (AvgIpc) is 3.40. The van der Waals surface area contributed by atoms with Crippen molar-refractivity contribution in [2.75, 3.05) is 25.7 Å². The number of fused-ring (bicyclic) bond motifs is 4. The van der Waals surface area contributed by atoms with E-state index in [9.17, 15) is 29.1 Å². The molecule has 242 valence electrons. The SMILES string of the molecule is COc1cc(O)cc(OC)c1[C@H]1C2=CC[C@@H]3C(=O)N(CCCCCC(=O)O)C(=O)[C@@H]3[C@@H]2C[C@H]2C(=O)N(c3ccccc3)C(=O)[C@@]12C. The van der Waals surface area contributed by atoms with Crippen LogP contribution in [0.3, 0.4) is 0 Å². The lowest BCUT2D eigenvalue weighted by Gasteiger charge is -2.49. The number of ether oxygens (including phenoxy) is 2. The molecule has 6 atom stereocenters. The number of aliphatic carboxylic acids is 1. The van der Waals surface area contributed by atoms with Crippen molar-refractivity contribution >= 4 is 35.3 Å². The quantitative estimate of drug-likeness (QED) is 0.223.